The maximum atomic E-state index is 12.9. The molecule has 0 spiro atoms. The molecule has 0 radical (unpaired) electrons. The van der Waals surface area contributed by atoms with Gasteiger partial charge in [0.25, 0.3) is 11.7 Å². The summed E-state index contributed by atoms with van der Waals surface area (Å²) in [5, 5.41) is 2.53. The number of benzene rings is 2. The fourth-order valence-electron chi connectivity index (χ4n) is 2.78. The predicted molar refractivity (Wildman–Crippen MR) is 112 cm³/mol. The van der Waals surface area contributed by atoms with Crippen LogP contribution in [0.15, 0.2) is 46.2 Å². The van der Waals surface area contributed by atoms with Gasteiger partial charge in [-0.25, -0.2) is 8.42 Å². The van der Waals surface area contributed by atoms with Crippen LogP contribution in [0, 0.1) is 0 Å². The molecule has 6 nitrogen and oxygen atoms in total. The number of hydrogen-bond acceptors (Lipinski definition) is 5. The molecule has 1 amide bonds. The van der Waals surface area contributed by atoms with E-state index in [2.05, 4.69) is 5.32 Å². The molecule has 1 heterocycles. The lowest BCUT2D eigenvalue weighted by atomic mass is 10.2. The van der Waals surface area contributed by atoms with Crippen LogP contribution in [0.2, 0.25) is 10.0 Å². The fourth-order valence-corrected chi connectivity index (χ4v) is 5.60. The molecule has 0 aromatic heterocycles. The molecule has 0 aliphatic carbocycles. The Morgan fingerprint density at radius 2 is 1.83 bits per heavy atom. The Morgan fingerprint density at radius 3 is 2.50 bits per heavy atom. The zero-order valence-electron chi connectivity index (χ0n) is 15.3. The van der Waals surface area contributed by atoms with Gasteiger partial charge in [0.05, 0.1) is 33.8 Å². The smallest absolute Gasteiger partial charge is 0.289 e. The van der Waals surface area contributed by atoms with Gasteiger partial charge in [-0.15, -0.1) is 0 Å². The van der Waals surface area contributed by atoms with E-state index in [4.69, 9.17) is 27.9 Å². The van der Waals surface area contributed by atoms with E-state index in [0.717, 1.165) is 6.07 Å². The molecule has 2 aromatic rings. The summed E-state index contributed by atoms with van der Waals surface area (Å²) in [5.74, 6) is -3.43. The second-order valence-corrected chi connectivity index (χ2v) is 9.83. The summed E-state index contributed by atoms with van der Waals surface area (Å²) in [6.07, 6.45) is 0. The van der Waals surface area contributed by atoms with Crippen molar-refractivity contribution in [3.63, 3.8) is 0 Å². The van der Waals surface area contributed by atoms with E-state index < -0.39 is 21.7 Å². The predicted octanol–water partition coefficient (Wildman–Crippen LogP) is 4.58. The normalized spacial score (nSPS) is 15.4. The minimum absolute atomic E-state index is 0.000734. The molecule has 0 saturated carbocycles. The Bertz CT molecular complexity index is 1050. The van der Waals surface area contributed by atoms with Gasteiger partial charge in [0.1, 0.15) is 4.90 Å². The van der Waals surface area contributed by atoms with Gasteiger partial charge in [-0.3, -0.25) is 4.79 Å². The van der Waals surface area contributed by atoms with Crippen LogP contribution in [0.3, 0.4) is 0 Å². The minimum Gasteiger partial charge on any atom is -0.379 e. The van der Waals surface area contributed by atoms with Crippen molar-refractivity contribution in [3.8, 4) is 0 Å². The monoisotopic (exact) mass is 496 g/mol. The average molecular weight is 497 g/mol. The van der Waals surface area contributed by atoms with Crippen LogP contribution in [0.1, 0.15) is 10.4 Å². The van der Waals surface area contributed by atoms with Gasteiger partial charge >= 0.3 is 0 Å². The Kier molecular flexibility index (Phi) is 7.59. The van der Waals surface area contributed by atoms with E-state index in [-0.39, 0.29) is 69.2 Å². The van der Waals surface area contributed by atoms with Crippen LogP contribution in [0.4, 0.5) is 14.5 Å². The number of amides is 1. The number of ether oxygens (including phenoxy) is 1. The van der Waals surface area contributed by atoms with Crippen molar-refractivity contribution in [3.05, 3.63) is 52.0 Å². The first-order chi connectivity index (χ1) is 14.2. The second-order valence-electron chi connectivity index (χ2n) is 6.11. The van der Waals surface area contributed by atoms with Crippen molar-refractivity contribution < 1.29 is 26.7 Å². The number of carbonyl (C=O) groups is 1. The summed E-state index contributed by atoms with van der Waals surface area (Å²) in [7, 11) is -3.94. The highest BCUT2D eigenvalue weighted by Crippen LogP contribution is 2.38. The molecule has 12 heteroatoms. The molecule has 1 aliphatic rings. The van der Waals surface area contributed by atoms with Crippen molar-refractivity contribution in [2.45, 2.75) is 15.5 Å². The molecule has 0 unspecified atom stereocenters. The summed E-state index contributed by atoms with van der Waals surface area (Å²) in [6.45, 7) is 0.865. The number of thioether (sulfide) groups is 1. The molecule has 2 aromatic carbocycles. The summed E-state index contributed by atoms with van der Waals surface area (Å²) < 4.78 is 57.9. The van der Waals surface area contributed by atoms with Gasteiger partial charge in [0.2, 0.25) is 10.0 Å². The number of anilines is 1. The Balaban J connectivity index is 1.90. The van der Waals surface area contributed by atoms with E-state index in [0.29, 0.717) is 0 Å². The number of morpholine rings is 1. The molecular weight excluding hydrogens is 481 g/mol. The zero-order chi connectivity index (χ0) is 21.9. The molecule has 1 saturated heterocycles. The van der Waals surface area contributed by atoms with Crippen LogP contribution in [0.5, 0.6) is 0 Å². The Hall–Kier alpha value is -1.43. The first-order valence-electron chi connectivity index (χ1n) is 8.62. The van der Waals surface area contributed by atoms with Crippen LogP contribution in [-0.4, -0.2) is 50.7 Å². The van der Waals surface area contributed by atoms with Crippen molar-refractivity contribution in [2.24, 2.45) is 0 Å². The molecule has 1 fully saturated rings. The molecule has 162 valence electrons. The number of nitrogens with zero attached hydrogens (tertiary/aromatic N) is 1. The third-order valence-electron chi connectivity index (χ3n) is 4.20. The number of halogens is 4. The zero-order valence-corrected chi connectivity index (χ0v) is 18.4. The molecule has 1 aliphatic heterocycles. The fraction of sp³-hybridized carbons (Fsp3) is 0.278. The lowest BCUT2D eigenvalue weighted by molar-refractivity contribution is 0.0730. The number of hydrogen-bond donors (Lipinski definition) is 1. The van der Waals surface area contributed by atoms with Crippen LogP contribution in [-0.2, 0) is 14.8 Å². The van der Waals surface area contributed by atoms with E-state index in [1.54, 1.807) is 0 Å². The minimum atomic E-state index is -3.94. The lowest BCUT2D eigenvalue weighted by Crippen LogP contribution is -2.40. The Labute approximate surface area is 186 Å². The van der Waals surface area contributed by atoms with Gasteiger partial charge < -0.3 is 10.1 Å². The maximum Gasteiger partial charge on any atom is 0.289 e. The number of alkyl halides is 2. The molecule has 0 bridgehead atoms. The SMILES string of the molecule is O=C(Nc1cccc(Cl)c1SC(F)F)c1ccc(Cl)c(S(=O)(=O)N2CCOCC2)c1. The topological polar surface area (TPSA) is 75.7 Å². The van der Waals surface area contributed by atoms with Crippen LogP contribution >= 0.6 is 35.0 Å². The molecule has 3 rings (SSSR count). The highest BCUT2D eigenvalue weighted by molar-refractivity contribution is 7.99. The van der Waals surface area contributed by atoms with Crippen LogP contribution < -0.4 is 5.32 Å². The lowest BCUT2D eigenvalue weighted by Gasteiger charge is -2.26. The van der Waals surface area contributed by atoms with E-state index in [9.17, 15) is 22.0 Å². The molecule has 30 heavy (non-hydrogen) atoms. The molecule has 1 N–H and O–H groups in total. The number of nitrogens with one attached hydrogen (secondary N) is 1. The number of carbonyl (C=O) groups excluding carboxylic acids is 1. The van der Waals surface area contributed by atoms with Crippen LogP contribution in [0.25, 0.3) is 0 Å². The van der Waals surface area contributed by atoms with Crippen molar-refractivity contribution in [1.29, 1.82) is 0 Å². The van der Waals surface area contributed by atoms with Crippen molar-refractivity contribution >= 4 is 56.6 Å². The quantitative estimate of drug-likeness (QED) is 0.592. The van der Waals surface area contributed by atoms with E-state index >= 15 is 0 Å². The van der Waals surface area contributed by atoms with Gasteiger partial charge in [0, 0.05) is 18.7 Å². The maximum absolute atomic E-state index is 12.9. The molecule has 0 atom stereocenters. The largest absolute Gasteiger partial charge is 0.379 e. The second kappa shape index (κ2) is 9.80. The van der Waals surface area contributed by atoms with Gasteiger partial charge in [-0.1, -0.05) is 41.0 Å². The van der Waals surface area contributed by atoms with Crippen molar-refractivity contribution in [1.82, 2.24) is 4.31 Å². The number of sulfonamides is 1. The molecular formula is C18H16Cl2F2N2O4S2. The van der Waals surface area contributed by atoms with Gasteiger partial charge in [-0.2, -0.15) is 13.1 Å². The van der Waals surface area contributed by atoms with Gasteiger partial charge in [0.15, 0.2) is 0 Å². The van der Waals surface area contributed by atoms with Gasteiger partial charge in [-0.05, 0) is 30.3 Å². The summed E-state index contributed by atoms with van der Waals surface area (Å²) in [5.41, 5.74) is 0.0875. The van der Waals surface area contributed by atoms with E-state index in [1.165, 1.54) is 34.6 Å². The number of rotatable bonds is 6. The van der Waals surface area contributed by atoms with Crippen molar-refractivity contribution in [2.75, 3.05) is 31.6 Å². The standard InChI is InChI=1S/C18H16Cl2F2N2O4S2/c19-12-5-4-11(10-15(12)30(26,27)24-6-8-28-9-7-24)17(25)23-14-3-1-2-13(20)16(14)29-18(21)22/h1-5,10,18H,6-9H2,(H,23,25). The summed E-state index contributed by atoms with van der Waals surface area (Å²) >= 11 is 12.3. The van der Waals surface area contributed by atoms with E-state index in [1.807, 2.05) is 0 Å². The highest BCUT2D eigenvalue weighted by Gasteiger charge is 2.29. The summed E-state index contributed by atoms with van der Waals surface area (Å²) in [6, 6.07) is 8.17. The Morgan fingerprint density at radius 1 is 1.13 bits per heavy atom. The average Bonchev–Trinajstić information content (AvgIpc) is 2.71. The first kappa shape index (κ1) is 23.2. The third-order valence-corrected chi connectivity index (χ3v) is 7.86. The third kappa shape index (κ3) is 5.24. The summed E-state index contributed by atoms with van der Waals surface area (Å²) in [4.78, 5) is 12.5. The highest BCUT2D eigenvalue weighted by atomic mass is 35.5. The first-order valence-corrected chi connectivity index (χ1v) is 11.7.